The molecule has 340 valence electrons. The molecule has 4 unspecified atom stereocenters. The quantitative estimate of drug-likeness (QED) is 0.0876. The highest BCUT2D eigenvalue weighted by Crippen LogP contribution is 2.41. The van der Waals surface area contributed by atoms with Crippen LogP contribution in [0.2, 0.25) is 0 Å². The zero-order valence-electron chi connectivity index (χ0n) is 38.3. The molecule has 0 amide bonds. The van der Waals surface area contributed by atoms with Gasteiger partial charge in [-0.05, 0) is 77.0 Å². The maximum absolute atomic E-state index is 9.38. The molecule has 5 saturated heterocycles. The van der Waals surface area contributed by atoms with Gasteiger partial charge in [-0.3, -0.25) is 9.80 Å². The number of nitriles is 1. The van der Waals surface area contributed by atoms with E-state index < -0.39 is 7.12 Å². The van der Waals surface area contributed by atoms with Gasteiger partial charge in [0.05, 0.1) is 41.0 Å². The minimum Gasteiger partial charge on any atom is -0.407 e. The summed E-state index contributed by atoms with van der Waals surface area (Å²) in [4.78, 5) is 13.7. The molecule has 5 heterocycles. The van der Waals surface area contributed by atoms with Crippen molar-refractivity contribution in [3.8, 4) is 17.2 Å². The van der Waals surface area contributed by atoms with Crippen LogP contribution in [0.25, 0.3) is 16.0 Å². The zero-order chi connectivity index (χ0) is 46.5. The molecule has 4 bridgehead atoms. The van der Waals surface area contributed by atoms with E-state index in [1.807, 2.05) is 54.6 Å². The van der Waals surface area contributed by atoms with Crippen molar-refractivity contribution in [2.75, 3.05) is 60.7 Å². The Hall–Kier alpha value is -6.12. The van der Waals surface area contributed by atoms with Gasteiger partial charge in [-0.2, -0.15) is 5.26 Å². The molecule has 0 spiro atoms. The fourth-order valence-corrected chi connectivity index (χ4v) is 10.8. The van der Waals surface area contributed by atoms with Crippen LogP contribution in [0.5, 0.6) is 0 Å². The Balaban J connectivity index is 0.000000132. The second kappa shape index (κ2) is 20.4. The number of benzene rings is 6. The summed E-state index contributed by atoms with van der Waals surface area (Å²) >= 11 is 3.49. The van der Waals surface area contributed by atoms with Crippen LogP contribution in [-0.2, 0) is 22.4 Å². The number of para-hydroxylation sites is 1. The normalized spacial score (nSPS) is 21.5. The number of hydrogen-bond donors (Lipinski definition) is 2. The van der Waals surface area contributed by atoms with Gasteiger partial charge in [0.1, 0.15) is 0 Å². The number of hydrogen-bond acceptors (Lipinski definition) is 9. The summed E-state index contributed by atoms with van der Waals surface area (Å²) in [6.07, 6.45) is 2.45. The van der Waals surface area contributed by atoms with E-state index in [-0.39, 0.29) is 5.41 Å². The molecule has 6 aromatic carbocycles. The minimum atomic E-state index is -0.390. The van der Waals surface area contributed by atoms with Gasteiger partial charge in [0, 0.05) is 86.5 Å². The lowest BCUT2D eigenvalue weighted by atomic mass is 9.75. The zero-order valence-corrected chi connectivity index (χ0v) is 39.9. The van der Waals surface area contributed by atoms with Crippen molar-refractivity contribution >= 4 is 56.9 Å². The largest absolute Gasteiger partial charge is 0.482 e. The molecular weight excluding hydrogens is 895 g/mol. The molecule has 5 aliphatic rings. The lowest BCUT2D eigenvalue weighted by Gasteiger charge is -2.36. The molecule has 0 radical (unpaired) electrons. The number of piperazine rings is 2. The molecule has 5 fully saturated rings. The molecule has 4 atom stereocenters. The van der Waals surface area contributed by atoms with Crippen molar-refractivity contribution < 1.29 is 9.31 Å². The van der Waals surface area contributed by atoms with E-state index in [0.29, 0.717) is 48.6 Å². The van der Waals surface area contributed by atoms with Crippen LogP contribution < -0.4 is 26.7 Å². The van der Waals surface area contributed by atoms with Crippen molar-refractivity contribution in [3.05, 3.63) is 178 Å². The number of halogens is 1. The number of rotatable bonds is 8. The van der Waals surface area contributed by atoms with E-state index in [1.165, 1.54) is 29.7 Å². The second-order valence-electron chi connectivity index (χ2n) is 19.1. The average Bonchev–Trinajstić information content (AvgIpc) is 4.15. The van der Waals surface area contributed by atoms with Crippen LogP contribution in [-0.4, -0.2) is 80.5 Å². The molecule has 4 N–H and O–H groups in total. The molecule has 0 aromatic heterocycles. The van der Waals surface area contributed by atoms with Gasteiger partial charge >= 0.3 is 7.12 Å². The number of nitrogen functional groups attached to an aromatic ring is 2. The van der Waals surface area contributed by atoms with Crippen LogP contribution >= 0.6 is 15.9 Å². The van der Waals surface area contributed by atoms with Gasteiger partial charge in [0.25, 0.3) is 0 Å². The monoisotopic (exact) mass is 952 g/mol. The van der Waals surface area contributed by atoms with Crippen molar-refractivity contribution in [3.63, 3.8) is 0 Å². The molecule has 12 heteroatoms. The highest BCUT2D eigenvalue weighted by atomic mass is 79.9. The summed E-state index contributed by atoms with van der Waals surface area (Å²) in [5.41, 5.74) is 23.5. The molecule has 5 aliphatic heterocycles. The SMILES string of the molecule is N#Cc1ccccc1-c1ccc(N2CC3CC2CN3Cc2ccccc2)c(N)c1.Nc1cc(Br)ccc1N1CC2CC1CN2Cc1ccccc1.[C-]#[N+]c1ccccc1B1OCC(C)(C)CO1. The highest BCUT2D eigenvalue weighted by molar-refractivity contribution is 9.10. The lowest BCUT2D eigenvalue weighted by molar-refractivity contribution is 0.0344. The molecule has 0 saturated carbocycles. The second-order valence-corrected chi connectivity index (χ2v) is 20.1. The lowest BCUT2D eigenvalue weighted by Crippen LogP contribution is -2.47. The smallest absolute Gasteiger partial charge is 0.407 e. The molecule has 11 rings (SSSR count). The van der Waals surface area contributed by atoms with Gasteiger partial charge in [-0.25, -0.2) is 4.85 Å². The first-order valence-corrected chi connectivity index (χ1v) is 24.1. The Bertz CT molecular complexity index is 2740. The Labute approximate surface area is 404 Å². The molecule has 0 aliphatic carbocycles. The van der Waals surface area contributed by atoms with Crippen molar-refractivity contribution in [2.45, 2.75) is 63.9 Å². The predicted octanol–water partition coefficient (Wildman–Crippen LogP) is 9.77. The van der Waals surface area contributed by atoms with E-state index in [9.17, 15) is 5.26 Å². The standard InChI is InChI=1S/C25H24N4.C18H20BrN3.C12H14BNO2/c26-14-20-8-4-5-9-23(20)19-10-11-25(24(27)12-19)29-17-21-13-22(29)16-28(21)15-18-6-2-1-3-7-18;19-14-6-7-18(17(20)8-14)22-12-15-9-16(22)11-21(15)10-13-4-2-1-3-5-13;1-12(2)8-15-13(16-9-12)10-6-4-5-7-11(10)14-3/h1-12,21-22H,13,15-17,27H2;1-8,15-16H,9-12,20H2;4-7H,8-9H2,1-2H3. The van der Waals surface area contributed by atoms with E-state index in [2.05, 4.69) is 145 Å². The van der Waals surface area contributed by atoms with Crippen LogP contribution in [0.15, 0.2) is 150 Å². The Morgan fingerprint density at radius 1 is 0.672 bits per heavy atom. The maximum Gasteiger partial charge on any atom is 0.482 e. The van der Waals surface area contributed by atoms with Crippen LogP contribution in [0.3, 0.4) is 0 Å². The van der Waals surface area contributed by atoms with Gasteiger partial charge in [0.15, 0.2) is 5.69 Å². The first-order valence-electron chi connectivity index (χ1n) is 23.3. The van der Waals surface area contributed by atoms with E-state index >= 15 is 0 Å². The van der Waals surface area contributed by atoms with Crippen LogP contribution in [0.4, 0.5) is 28.4 Å². The summed E-state index contributed by atoms with van der Waals surface area (Å²) in [7, 11) is -0.390. The third-order valence-electron chi connectivity index (χ3n) is 13.7. The van der Waals surface area contributed by atoms with Gasteiger partial charge in [-0.1, -0.05) is 139 Å². The van der Waals surface area contributed by atoms with E-state index in [4.69, 9.17) is 27.3 Å². The van der Waals surface area contributed by atoms with E-state index in [1.54, 1.807) is 6.07 Å². The highest BCUT2D eigenvalue weighted by Gasteiger charge is 2.45. The molecule has 6 aromatic rings. The number of likely N-dealkylation sites (tertiary alicyclic amines) is 2. The third-order valence-corrected chi connectivity index (χ3v) is 14.2. The van der Waals surface area contributed by atoms with Crippen LogP contribution in [0, 0.1) is 23.3 Å². The van der Waals surface area contributed by atoms with Gasteiger partial charge in [-0.15, -0.1) is 0 Å². The Kier molecular flexibility index (Phi) is 14.0. The summed E-state index contributed by atoms with van der Waals surface area (Å²) in [6, 6.07) is 53.7. The minimum absolute atomic E-state index is 0.0591. The summed E-state index contributed by atoms with van der Waals surface area (Å²) in [5.74, 6) is 0. The van der Waals surface area contributed by atoms with Gasteiger partial charge in [0.2, 0.25) is 0 Å². The number of fused-ring (bicyclic) bond motifs is 4. The first-order chi connectivity index (χ1) is 32.6. The average molecular weight is 954 g/mol. The maximum atomic E-state index is 9.38. The molecular formula is C55H58BBrN8O2. The third kappa shape index (κ3) is 10.6. The van der Waals surface area contributed by atoms with Crippen molar-refractivity contribution in [1.29, 1.82) is 5.26 Å². The number of nitrogens with two attached hydrogens (primary N) is 2. The topological polar surface area (TPSA) is 112 Å². The summed E-state index contributed by atoms with van der Waals surface area (Å²) < 4.78 is 12.4. The van der Waals surface area contributed by atoms with Crippen LogP contribution in [0.1, 0.15) is 43.4 Å². The molecule has 67 heavy (non-hydrogen) atoms. The number of nitrogens with zero attached hydrogens (tertiary/aromatic N) is 6. The fraction of sp³-hybridized carbons (Fsp3) is 0.309. The number of anilines is 4. The van der Waals surface area contributed by atoms with Crippen molar-refractivity contribution in [1.82, 2.24) is 9.80 Å². The predicted molar refractivity (Wildman–Crippen MR) is 276 cm³/mol. The Morgan fingerprint density at radius 2 is 1.19 bits per heavy atom. The summed E-state index contributed by atoms with van der Waals surface area (Å²) in [6.45, 7) is 19.0. The fourth-order valence-electron chi connectivity index (χ4n) is 10.4. The van der Waals surface area contributed by atoms with E-state index in [0.717, 1.165) is 77.4 Å². The van der Waals surface area contributed by atoms with Crippen molar-refractivity contribution in [2.24, 2.45) is 5.41 Å². The first kappa shape index (κ1) is 46.0. The van der Waals surface area contributed by atoms with Gasteiger partial charge < -0.3 is 30.6 Å². The molecule has 10 nitrogen and oxygen atoms in total. The summed E-state index contributed by atoms with van der Waals surface area (Å²) in [5, 5.41) is 9.38. The Morgan fingerprint density at radius 3 is 1.72 bits per heavy atom.